The van der Waals surface area contributed by atoms with Gasteiger partial charge in [-0.1, -0.05) is 22.9 Å². The van der Waals surface area contributed by atoms with Crippen LogP contribution in [0.2, 0.25) is 0 Å². The van der Waals surface area contributed by atoms with Gasteiger partial charge in [-0.3, -0.25) is 0 Å². The number of nitrogens with one attached hydrogen (secondary N) is 2. The van der Waals surface area contributed by atoms with Crippen molar-refractivity contribution in [3.8, 4) is 0 Å². The Bertz CT molecular complexity index is 674. The summed E-state index contributed by atoms with van der Waals surface area (Å²) in [5.41, 5.74) is 0. The van der Waals surface area contributed by atoms with Crippen LogP contribution in [0, 0.1) is 0 Å². The summed E-state index contributed by atoms with van der Waals surface area (Å²) in [4.78, 5) is 0.0570. The van der Waals surface area contributed by atoms with Crippen molar-refractivity contribution in [3.63, 3.8) is 0 Å². The minimum atomic E-state index is -3.76. The summed E-state index contributed by atoms with van der Waals surface area (Å²) >= 11 is 6.39. The smallest absolute Gasteiger partial charge is 0.215 e. The highest BCUT2D eigenvalue weighted by molar-refractivity contribution is 9.11. The first-order chi connectivity index (χ1) is 9.18. The van der Waals surface area contributed by atoms with Crippen LogP contribution in [0.15, 0.2) is 32.0 Å². The lowest BCUT2D eigenvalue weighted by atomic mass is 10.4. The molecule has 0 saturated heterocycles. The lowest BCUT2D eigenvalue weighted by Crippen LogP contribution is -2.34. The van der Waals surface area contributed by atoms with Gasteiger partial charge in [0.05, 0.1) is 10.6 Å². The van der Waals surface area contributed by atoms with Crippen molar-refractivity contribution < 1.29 is 16.8 Å². The highest BCUT2D eigenvalue weighted by atomic mass is 79.9. The van der Waals surface area contributed by atoms with Crippen LogP contribution < -0.4 is 9.44 Å². The summed E-state index contributed by atoms with van der Waals surface area (Å²) < 4.78 is 52.6. The van der Waals surface area contributed by atoms with E-state index >= 15 is 0 Å². The minimum absolute atomic E-state index is 0.0570. The van der Waals surface area contributed by atoms with E-state index in [9.17, 15) is 16.8 Å². The molecular weight excluding hydrogens is 436 g/mol. The van der Waals surface area contributed by atoms with Crippen molar-refractivity contribution in [1.82, 2.24) is 9.44 Å². The van der Waals surface area contributed by atoms with Gasteiger partial charge in [0.15, 0.2) is 0 Å². The number of hydrogen-bond acceptors (Lipinski definition) is 4. The Labute approximate surface area is 135 Å². The highest BCUT2D eigenvalue weighted by Crippen LogP contribution is 2.25. The van der Waals surface area contributed by atoms with E-state index in [1.54, 1.807) is 19.1 Å². The lowest BCUT2D eigenvalue weighted by Gasteiger charge is -2.09. The molecule has 0 aliphatic rings. The summed E-state index contributed by atoms with van der Waals surface area (Å²) in [6, 6.07) is 4.62. The van der Waals surface area contributed by atoms with Gasteiger partial charge >= 0.3 is 0 Å². The van der Waals surface area contributed by atoms with Crippen molar-refractivity contribution in [2.75, 3.05) is 18.8 Å². The molecule has 0 fully saturated rings. The predicted molar refractivity (Wildman–Crippen MR) is 84.5 cm³/mol. The van der Waals surface area contributed by atoms with E-state index in [-0.39, 0.29) is 23.7 Å². The number of sulfonamides is 2. The largest absolute Gasteiger partial charge is 0.241 e. The Kier molecular flexibility index (Phi) is 6.61. The van der Waals surface area contributed by atoms with Crippen LogP contribution in [0.5, 0.6) is 0 Å². The van der Waals surface area contributed by atoms with Gasteiger partial charge < -0.3 is 0 Å². The summed E-state index contributed by atoms with van der Waals surface area (Å²) in [6.07, 6.45) is 0. The Morgan fingerprint density at radius 3 is 2.30 bits per heavy atom. The number of hydrogen-bond donors (Lipinski definition) is 2. The Morgan fingerprint density at radius 2 is 1.75 bits per heavy atom. The van der Waals surface area contributed by atoms with Crippen LogP contribution in [-0.4, -0.2) is 35.7 Å². The summed E-state index contributed by atoms with van der Waals surface area (Å²) in [6.45, 7) is 1.73. The van der Waals surface area contributed by atoms with E-state index < -0.39 is 20.0 Å². The third-order valence-corrected chi connectivity index (χ3v) is 6.61. The van der Waals surface area contributed by atoms with Crippen molar-refractivity contribution in [3.05, 3.63) is 27.1 Å². The van der Waals surface area contributed by atoms with Crippen molar-refractivity contribution in [2.45, 2.75) is 11.8 Å². The molecule has 0 aliphatic heterocycles. The van der Waals surface area contributed by atoms with E-state index in [1.165, 1.54) is 6.07 Å². The average molecular weight is 450 g/mol. The molecule has 0 spiro atoms. The molecule has 1 rings (SSSR count). The molecule has 20 heavy (non-hydrogen) atoms. The predicted octanol–water partition coefficient (Wildman–Crippen LogP) is 1.43. The normalized spacial score (nSPS) is 12.6. The molecule has 0 aromatic heterocycles. The van der Waals surface area contributed by atoms with E-state index in [4.69, 9.17) is 0 Å². The van der Waals surface area contributed by atoms with Gasteiger partial charge in [-0.15, -0.1) is 0 Å². The fourth-order valence-electron chi connectivity index (χ4n) is 1.37. The minimum Gasteiger partial charge on any atom is -0.215 e. The number of halogens is 2. The number of benzene rings is 1. The Hall–Kier alpha value is -0.000000000000000111. The van der Waals surface area contributed by atoms with E-state index in [2.05, 4.69) is 41.3 Å². The maximum Gasteiger partial charge on any atom is 0.241 e. The maximum atomic E-state index is 12.0. The van der Waals surface area contributed by atoms with Gasteiger partial charge in [-0.05, 0) is 34.1 Å². The Morgan fingerprint density at radius 1 is 1.10 bits per heavy atom. The van der Waals surface area contributed by atoms with Gasteiger partial charge in [0, 0.05) is 22.0 Å². The Balaban J connectivity index is 2.76. The number of rotatable bonds is 7. The average Bonchev–Trinajstić information content (AvgIpc) is 2.27. The van der Waals surface area contributed by atoms with Gasteiger partial charge in [0.2, 0.25) is 20.0 Å². The zero-order chi connectivity index (χ0) is 15.4. The molecule has 0 atom stereocenters. The van der Waals surface area contributed by atoms with Crippen molar-refractivity contribution >= 4 is 51.9 Å². The second-order valence-electron chi connectivity index (χ2n) is 3.79. The molecule has 114 valence electrons. The fourth-order valence-corrected chi connectivity index (χ4v) is 5.23. The molecule has 0 unspecified atom stereocenters. The highest BCUT2D eigenvalue weighted by Gasteiger charge is 2.18. The quantitative estimate of drug-likeness (QED) is 0.658. The summed E-state index contributed by atoms with van der Waals surface area (Å²) in [5, 5.41) is 0. The van der Waals surface area contributed by atoms with E-state index in [0.717, 1.165) is 4.47 Å². The molecule has 0 bridgehead atoms. The van der Waals surface area contributed by atoms with Crippen LogP contribution in [0.4, 0.5) is 0 Å². The molecule has 10 heteroatoms. The van der Waals surface area contributed by atoms with E-state index in [1.807, 2.05) is 0 Å². The molecular formula is C10H14Br2N2O4S2. The van der Waals surface area contributed by atoms with Gasteiger partial charge in [-0.2, -0.15) is 0 Å². The van der Waals surface area contributed by atoms with Crippen LogP contribution in [-0.2, 0) is 20.0 Å². The van der Waals surface area contributed by atoms with Crippen molar-refractivity contribution in [1.29, 1.82) is 0 Å². The zero-order valence-corrected chi connectivity index (χ0v) is 15.4. The van der Waals surface area contributed by atoms with Gasteiger partial charge in [-0.25, -0.2) is 26.3 Å². The van der Waals surface area contributed by atoms with Crippen LogP contribution >= 0.6 is 31.9 Å². The standard InChI is InChI=1S/C10H14Br2N2O4S2/c1-2-13-19(15,16)6-5-14-20(17,18)10-4-3-8(11)7-9(10)12/h3-4,7,13-14H,2,5-6H2,1H3. The molecule has 0 radical (unpaired) electrons. The topological polar surface area (TPSA) is 92.3 Å². The van der Waals surface area contributed by atoms with Crippen LogP contribution in [0.1, 0.15) is 6.92 Å². The first-order valence-electron chi connectivity index (χ1n) is 5.60. The molecule has 0 aliphatic carbocycles. The second-order valence-corrected chi connectivity index (χ2v) is 9.22. The SMILES string of the molecule is CCNS(=O)(=O)CCNS(=O)(=O)c1ccc(Br)cc1Br. The first-order valence-corrected chi connectivity index (χ1v) is 10.3. The third kappa shape index (κ3) is 5.41. The van der Waals surface area contributed by atoms with Gasteiger partial charge in [0.25, 0.3) is 0 Å². The molecule has 1 aromatic rings. The summed E-state index contributed by atoms with van der Waals surface area (Å²) in [7, 11) is -7.20. The van der Waals surface area contributed by atoms with Gasteiger partial charge in [0.1, 0.15) is 0 Å². The molecule has 1 aromatic carbocycles. The third-order valence-electron chi connectivity index (χ3n) is 2.21. The fraction of sp³-hybridized carbons (Fsp3) is 0.400. The first kappa shape index (κ1) is 18.1. The summed E-state index contributed by atoms with van der Waals surface area (Å²) in [5.74, 6) is -0.311. The zero-order valence-electron chi connectivity index (χ0n) is 10.6. The van der Waals surface area contributed by atoms with E-state index in [0.29, 0.717) is 4.47 Å². The van der Waals surface area contributed by atoms with Crippen molar-refractivity contribution in [2.24, 2.45) is 0 Å². The molecule has 6 nitrogen and oxygen atoms in total. The maximum absolute atomic E-state index is 12.0. The van der Waals surface area contributed by atoms with Crippen LogP contribution in [0.3, 0.4) is 0 Å². The molecule has 0 saturated carbocycles. The van der Waals surface area contributed by atoms with Crippen LogP contribution in [0.25, 0.3) is 0 Å². The second kappa shape index (κ2) is 7.32. The molecule has 0 amide bonds. The monoisotopic (exact) mass is 448 g/mol. The molecule has 2 N–H and O–H groups in total. The molecule has 0 heterocycles. The lowest BCUT2D eigenvalue weighted by molar-refractivity contribution is 0.576.